The van der Waals surface area contributed by atoms with Crippen LogP contribution in [0, 0.1) is 23.7 Å². The first-order valence-electron chi connectivity index (χ1n) is 4.96. The molecule has 1 N–H and O–H groups in total. The van der Waals surface area contributed by atoms with Gasteiger partial charge in [-0.1, -0.05) is 13.8 Å². The van der Waals surface area contributed by atoms with Gasteiger partial charge >= 0.3 is 0 Å². The molecule has 1 saturated carbocycles. The van der Waals surface area contributed by atoms with Crippen LogP contribution in [0.3, 0.4) is 0 Å². The molecule has 0 bridgehead atoms. The molecule has 1 aliphatic heterocycles. The third kappa shape index (κ3) is 1.18. The van der Waals surface area contributed by atoms with Crippen molar-refractivity contribution in [3.63, 3.8) is 0 Å². The Bertz CT molecular complexity index is 236. The van der Waals surface area contributed by atoms with Crippen molar-refractivity contribution in [3.8, 4) is 0 Å². The Labute approximate surface area is 77.9 Å². The molecule has 13 heavy (non-hydrogen) atoms. The van der Waals surface area contributed by atoms with Crippen molar-refractivity contribution >= 4 is 11.8 Å². The Morgan fingerprint density at radius 2 is 1.38 bits per heavy atom. The minimum absolute atomic E-state index is 0.0451. The fraction of sp³-hybridized carbons (Fsp3) is 0.800. The van der Waals surface area contributed by atoms with Gasteiger partial charge in [0.05, 0.1) is 11.8 Å². The van der Waals surface area contributed by atoms with Crippen LogP contribution >= 0.6 is 0 Å². The van der Waals surface area contributed by atoms with Gasteiger partial charge in [0.1, 0.15) is 0 Å². The summed E-state index contributed by atoms with van der Waals surface area (Å²) in [5.74, 6) is 0.552. The Kier molecular flexibility index (Phi) is 1.90. The van der Waals surface area contributed by atoms with Gasteiger partial charge in [-0.05, 0) is 24.7 Å². The summed E-state index contributed by atoms with van der Waals surface area (Å²) in [7, 11) is 0. The van der Waals surface area contributed by atoms with E-state index in [2.05, 4.69) is 19.2 Å². The number of amides is 2. The molecule has 0 spiro atoms. The Hall–Kier alpha value is -0.860. The zero-order chi connectivity index (χ0) is 9.59. The van der Waals surface area contributed by atoms with Gasteiger partial charge in [0.25, 0.3) is 0 Å². The molecule has 4 unspecified atom stereocenters. The maximum Gasteiger partial charge on any atom is 0.230 e. The van der Waals surface area contributed by atoms with Gasteiger partial charge in [-0.2, -0.15) is 0 Å². The maximum absolute atomic E-state index is 11.4. The number of hydrogen-bond acceptors (Lipinski definition) is 2. The van der Waals surface area contributed by atoms with E-state index < -0.39 is 0 Å². The summed E-state index contributed by atoms with van der Waals surface area (Å²) in [5.41, 5.74) is 0. The van der Waals surface area contributed by atoms with Crippen molar-refractivity contribution in [3.05, 3.63) is 0 Å². The second-order valence-corrected chi connectivity index (χ2v) is 4.44. The second-order valence-electron chi connectivity index (χ2n) is 4.44. The molecule has 1 saturated heterocycles. The Morgan fingerprint density at radius 1 is 1.00 bits per heavy atom. The molecular formula is C10H15NO2. The Balaban J connectivity index is 2.29. The van der Waals surface area contributed by atoms with Crippen LogP contribution in [0.1, 0.15) is 26.7 Å². The summed E-state index contributed by atoms with van der Waals surface area (Å²) in [6, 6.07) is 0. The molecule has 1 heterocycles. The van der Waals surface area contributed by atoms with E-state index in [0.717, 1.165) is 12.8 Å². The average Bonchev–Trinajstić information content (AvgIpc) is 2.36. The first-order chi connectivity index (χ1) is 6.11. The molecule has 4 atom stereocenters. The lowest BCUT2D eigenvalue weighted by molar-refractivity contribution is -0.126. The lowest BCUT2D eigenvalue weighted by Crippen LogP contribution is -2.34. The molecule has 2 rings (SSSR count). The summed E-state index contributed by atoms with van der Waals surface area (Å²) in [4.78, 5) is 22.9. The molecule has 2 amide bonds. The molecule has 3 nitrogen and oxygen atoms in total. The van der Waals surface area contributed by atoms with E-state index in [9.17, 15) is 9.59 Å². The number of fused-ring (bicyclic) bond motifs is 1. The van der Waals surface area contributed by atoms with Crippen LogP contribution in [0.25, 0.3) is 0 Å². The highest BCUT2D eigenvalue weighted by atomic mass is 16.2. The van der Waals surface area contributed by atoms with Crippen LogP contribution in [0.5, 0.6) is 0 Å². The number of hydrogen-bond donors (Lipinski definition) is 1. The average molecular weight is 181 g/mol. The lowest BCUT2D eigenvalue weighted by Gasteiger charge is -2.32. The van der Waals surface area contributed by atoms with E-state index >= 15 is 0 Å². The van der Waals surface area contributed by atoms with Crippen LogP contribution in [-0.4, -0.2) is 11.8 Å². The highest BCUT2D eigenvalue weighted by molar-refractivity contribution is 6.05. The summed E-state index contributed by atoms with van der Waals surface area (Å²) in [5, 5.41) is 2.44. The van der Waals surface area contributed by atoms with Gasteiger partial charge < -0.3 is 0 Å². The zero-order valence-electron chi connectivity index (χ0n) is 8.04. The van der Waals surface area contributed by atoms with Gasteiger partial charge in [0.2, 0.25) is 11.8 Å². The van der Waals surface area contributed by atoms with Gasteiger partial charge in [-0.25, -0.2) is 0 Å². The van der Waals surface area contributed by atoms with Crippen molar-refractivity contribution in [2.75, 3.05) is 0 Å². The number of rotatable bonds is 0. The van der Waals surface area contributed by atoms with Crippen LogP contribution in [0.15, 0.2) is 0 Å². The first-order valence-corrected chi connectivity index (χ1v) is 4.96. The largest absolute Gasteiger partial charge is 0.296 e. The second kappa shape index (κ2) is 2.82. The maximum atomic E-state index is 11.4. The normalized spacial score (nSPS) is 44.5. The molecule has 2 aliphatic rings. The third-order valence-electron chi connectivity index (χ3n) is 3.54. The van der Waals surface area contributed by atoms with Crippen molar-refractivity contribution in [2.24, 2.45) is 23.7 Å². The van der Waals surface area contributed by atoms with E-state index in [1.54, 1.807) is 0 Å². The summed E-state index contributed by atoms with van der Waals surface area (Å²) >= 11 is 0. The SMILES string of the molecule is CC1CCC(C)C2C(=O)NC(=O)C12. The third-order valence-corrected chi connectivity index (χ3v) is 3.54. The van der Waals surface area contributed by atoms with Gasteiger partial charge in [-0.15, -0.1) is 0 Å². The van der Waals surface area contributed by atoms with E-state index in [1.807, 2.05) is 0 Å². The minimum atomic E-state index is -0.0472. The van der Waals surface area contributed by atoms with Crippen molar-refractivity contribution in [2.45, 2.75) is 26.7 Å². The molecule has 0 aromatic rings. The van der Waals surface area contributed by atoms with Crippen molar-refractivity contribution in [1.82, 2.24) is 5.32 Å². The molecule has 3 heteroatoms. The molecule has 72 valence electrons. The van der Waals surface area contributed by atoms with Crippen molar-refractivity contribution in [1.29, 1.82) is 0 Å². The number of carbonyl (C=O) groups excluding carboxylic acids is 2. The topological polar surface area (TPSA) is 46.2 Å². The first kappa shape index (κ1) is 8.73. The van der Waals surface area contributed by atoms with Crippen LogP contribution in [-0.2, 0) is 9.59 Å². The van der Waals surface area contributed by atoms with Gasteiger partial charge in [0, 0.05) is 0 Å². The number of imide groups is 1. The number of nitrogens with one attached hydrogen (secondary N) is 1. The smallest absolute Gasteiger partial charge is 0.230 e. The molecule has 0 radical (unpaired) electrons. The van der Waals surface area contributed by atoms with Crippen LogP contribution < -0.4 is 5.32 Å². The molecule has 0 aromatic carbocycles. The van der Waals surface area contributed by atoms with E-state index in [0.29, 0.717) is 11.8 Å². The van der Waals surface area contributed by atoms with Crippen molar-refractivity contribution < 1.29 is 9.59 Å². The minimum Gasteiger partial charge on any atom is -0.296 e. The zero-order valence-corrected chi connectivity index (χ0v) is 8.04. The standard InChI is InChI=1S/C10H15NO2/c1-5-3-4-6(2)8-7(5)9(12)11-10(8)13/h5-8H,3-4H2,1-2H3,(H,11,12,13). The van der Waals surface area contributed by atoms with Gasteiger partial charge in [0.15, 0.2) is 0 Å². The molecular weight excluding hydrogens is 166 g/mol. The fourth-order valence-electron chi connectivity index (χ4n) is 2.72. The number of carbonyl (C=O) groups is 2. The van der Waals surface area contributed by atoms with Crippen LogP contribution in [0.2, 0.25) is 0 Å². The predicted molar refractivity (Wildman–Crippen MR) is 47.7 cm³/mol. The van der Waals surface area contributed by atoms with Crippen LogP contribution in [0.4, 0.5) is 0 Å². The Morgan fingerprint density at radius 3 is 1.77 bits per heavy atom. The predicted octanol–water partition coefficient (Wildman–Crippen LogP) is 0.941. The van der Waals surface area contributed by atoms with E-state index in [-0.39, 0.29) is 23.7 Å². The quantitative estimate of drug-likeness (QED) is 0.565. The highest BCUT2D eigenvalue weighted by Gasteiger charge is 2.49. The van der Waals surface area contributed by atoms with E-state index in [4.69, 9.17) is 0 Å². The lowest BCUT2D eigenvalue weighted by atomic mass is 9.69. The fourth-order valence-corrected chi connectivity index (χ4v) is 2.72. The van der Waals surface area contributed by atoms with Gasteiger partial charge in [-0.3, -0.25) is 14.9 Å². The monoisotopic (exact) mass is 181 g/mol. The summed E-state index contributed by atoms with van der Waals surface area (Å²) < 4.78 is 0. The summed E-state index contributed by atoms with van der Waals surface area (Å²) in [6.07, 6.45) is 2.14. The van der Waals surface area contributed by atoms with E-state index in [1.165, 1.54) is 0 Å². The summed E-state index contributed by atoms with van der Waals surface area (Å²) in [6.45, 7) is 4.14. The molecule has 2 fully saturated rings. The molecule has 0 aromatic heterocycles. The molecule has 1 aliphatic carbocycles. The highest BCUT2D eigenvalue weighted by Crippen LogP contribution is 2.41.